The number of nitrogens with one attached hydrogen (secondary N) is 1. The first-order valence-corrected chi connectivity index (χ1v) is 7.04. The number of aromatic nitrogens is 3. The van der Waals surface area contributed by atoms with E-state index in [2.05, 4.69) is 51.8 Å². The molecule has 3 aromatic rings. The molecule has 0 fully saturated rings. The average molecular weight is 321 g/mol. The summed E-state index contributed by atoms with van der Waals surface area (Å²) in [7, 11) is 1.67. The van der Waals surface area contributed by atoms with E-state index in [-0.39, 0.29) is 6.15 Å². The molecule has 0 aliphatic carbocycles. The van der Waals surface area contributed by atoms with Crippen molar-refractivity contribution in [2.24, 2.45) is 0 Å². The van der Waals surface area contributed by atoms with Gasteiger partial charge in [-0.05, 0) is 34.9 Å². The number of hydrogen-bond donors (Lipinski definition) is 1. The number of aromatic amines is 1. The first-order valence-electron chi connectivity index (χ1n) is 7.04. The molecule has 3 rings (SSSR count). The van der Waals surface area contributed by atoms with Crippen LogP contribution in [0.25, 0.3) is 23.3 Å². The third-order valence-electron chi connectivity index (χ3n) is 3.21. The van der Waals surface area contributed by atoms with Crippen LogP contribution >= 0.6 is 0 Å². The van der Waals surface area contributed by atoms with Gasteiger partial charge in [0.2, 0.25) is 0 Å². The number of benzene rings is 2. The summed E-state index contributed by atoms with van der Waals surface area (Å²) in [6.07, 6.45) is 5.86. The van der Waals surface area contributed by atoms with Crippen LogP contribution in [0.3, 0.4) is 0 Å². The maximum Gasteiger partial charge on any atom is 0.373 e. The second kappa shape index (κ2) is 8.82. The number of carbonyl (C=O) groups excluding carboxylic acids is 2. The minimum atomic E-state index is 0.250. The van der Waals surface area contributed by atoms with Crippen molar-refractivity contribution in [1.82, 2.24) is 15.4 Å². The predicted molar refractivity (Wildman–Crippen MR) is 88.7 cm³/mol. The minimum absolute atomic E-state index is 0.250. The predicted octanol–water partition coefficient (Wildman–Crippen LogP) is 3.07. The molecule has 1 N–H and O–H groups in total. The molecule has 0 saturated carbocycles. The Balaban J connectivity index is 0.000000647. The lowest BCUT2D eigenvalue weighted by Crippen LogP contribution is -1.83. The van der Waals surface area contributed by atoms with Crippen molar-refractivity contribution in [3.8, 4) is 16.9 Å². The van der Waals surface area contributed by atoms with Gasteiger partial charge in [-0.1, -0.05) is 42.5 Å². The maximum absolute atomic E-state index is 8.12. The summed E-state index contributed by atoms with van der Waals surface area (Å²) < 4.78 is 5.17. The highest BCUT2D eigenvalue weighted by Gasteiger charge is 1.98. The smallest absolute Gasteiger partial charge is 0.373 e. The Hall–Kier alpha value is -3.50. The average Bonchev–Trinajstić information content (AvgIpc) is 3.15. The van der Waals surface area contributed by atoms with Gasteiger partial charge in [-0.15, -0.1) is 0 Å². The summed E-state index contributed by atoms with van der Waals surface area (Å²) in [6, 6.07) is 16.4. The van der Waals surface area contributed by atoms with Gasteiger partial charge in [0.25, 0.3) is 0 Å². The number of methoxy groups -OCH3 is 1. The first-order chi connectivity index (χ1) is 11.8. The third-order valence-corrected chi connectivity index (χ3v) is 3.21. The van der Waals surface area contributed by atoms with Crippen LogP contribution in [0.2, 0.25) is 0 Å². The molecule has 24 heavy (non-hydrogen) atoms. The number of ether oxygens (including phenoxy) is 1. The van der Waals surface area contributed by atoms with Crippen molar-refractivity contribution in [2.45, 2.75) is 0 Å². The molecule has 0 amide bonds. The Kier molecular flexibility index (Phi) is 6.20. The topological polar surface area (TPSA) is 84.9 Å². The molecule has 0 spiro atoms. The second-order valence-electron chi connectivity index (χ2n) is 4.66. The van der Waals surface area contributed by atoms with Crippen LogP contribution in [0.15, 0.2) is 54.7 Å². The summed E-state index contributed by atoms with van der Waals surface area (Å²) in [4.78, 5) is 16.2. The fourth-order valence-electron chi connectivity index (χ4n) is 2.04. The zero-order valence-electron chi connectivity index (χ0n) is 13.0. The van der Waals surface area contributed by atoms with Crippen LogP contribution in [-0.2, 0) is 9.59 Å². The lowest BCUT2D eigenvalue weighted by molar-refractivity contribution is -0.191. The van der Waals surface area contributed by atoms with Gasteiger partial charge in [-0.2, -0.15) is 25.0 Å². The number of hydrogen-bond acceptors (Lipinski definition) is 5. The van der Waals surface area contributed by atoms with Gasteiger partial charge < -0.3 is 4.74 Å². The molecule has 0 aliphatic heterocycles. The molecule has 0 bridgehead atoms. The molecule has 2 aromatic carbocycles. The normalized spacial score (nSPS) is 9.88. The van der Waals surface area contributed by atoms with E-state index >= 15 is 0 Å². The minimum Gasteiger partial charge on any atom is -0.497 e. The van der Waals surface area contributed by atoms with E-state index in [1.807, 2.05) is 24.3 Å². The Bertz CT molecular complexity index is 802. The molecule has 120 valence electrons. The highest BCUT2D eigenvalue weighted by atomic mass is 16.5. The van der Waals surface area contributed by atoms with E-state index in [1.54, 1.807) is 13.3 Å². The van der Waals surface area contributed by atoms with Gasteiger partial charge in [-0.3, -0.25) is 0 Å². The Morgan fingerprint density at radius 2 is 1.54 bits per heavy atom. The van der Waals surface area contributed by atoms with E-state index in [4.69, 9.17) is 14.3 Å². The fourth-order valence-corrected chi connectivity index (χ4v) is 2.04. The molecule has 6 nitrogen and oxygen atoms in total. The zero-order valence-corrected chi connectivity index (χ0v) is 13.0. The van der Waals surface area contributed by atoms with Crippen molar-refractivity contribution in [1.29, 1.82) is 0 Å². The Labute approximate surface area is 138 Å². The zero-order chi connectivity index (χ0) is 17.2. The van der Waals surface area contributed by atoms with Crippen molar-refractivity contribution < 1.29 is 14.3 Å². The van der Waals surface area contributed by atoms with Crippen LogP contribution in [0.4, 0.5) is 0 Å². The van der Waals surface area contributed by atoms with E-state index in [9.17, 15) is 0 Å². The largest absolute Gasteiger partial charge is 0.497 e. The molecule has 1 aromatic heterocycles. The first kappa shape index (κ1) is 16.9. The van der Waals surface area contributed by atoms with Crippen molar-refractivity contribution in [3.63, 3.8) is 0 Å². The summed E-state index contributed by atoms with van der Waals surface area (Å²) in [5.41, 5.74) is 4.28. The quantitative estimate of drug-likeness (QED) is 0.798. The van der Waals surface area contributed by atoms with Crippen LogP contribution < -0.4 is 4.74 Å². The van der Waals surface area contributed by atoms with Gasteiger partial charge in [0.1, 0.15) is 11.4 Å². The number of rotatable bonds is 4. The third kappa shape index (κ3) is 4.76. The van der Waals surface area contributed by atoms with Crippen molar-refractivity contribution in [2.75, 3.05) is 7.11 Å². The molecule has 0 atom stereocenters. The van der Waals surface area contributed by atoms with Crippen molar-refractivity contribution >= 4 is 18.3 Å². The maximum atomic E-state index is 8.12. The van der Waals surface area contributed by atoms with E-state index in [1.165, 1.54) is 11.1 Å². The standard InChI is InChI=1S/C17H15N3O.CO2/c1-21-17-10-7-15(8-11-17)14-5-2-13(3-6-14)4-9-16-12-18-20-19-16;2-1-3/h2-12H,1H3,(H,18,19,20);. The molecule has 0 radical (unpaired) electrons. The molecule has 1 heterocycles. The van der Waals surface area contributed by atoms with E-state index in [0.717, 1.165) is 17.0 Å². The number of nitrogens with zero attached hydrogens (tertiary/aromatic N) is 2. The van der Waals surface area contributed by atoms with Gasteiger partial charge in [0, 0.05) is 0 Å². The number of H-pyrrole nitrogens is 1. The summed E-state index contributed by atoms with van der Waals surface area (Å²) in [6.45, 7) is 0. The van der Waals surface area contributed by atoms with Gasteiger partial charge in [0.05, 0.1) is 13.3 Å². The summed E-state index contributed by atoms with van der Waals surface area (Å²) >= 11 is 0. The highest BCUT2D eigenvalue weighted by molar-refractivity contribution is 5.71. The molecular formula is C18H15N3O3. The van der Waals surface area contributed by atoms with Crippen LogP contribution in [0, 0.1) is 0 Å². The molecule has 0 aliphatic rings. The van der Waals surface area contributed by atoms with Gasteiger partial charge >= 0.3 is 6.15 Å². The molecular weight excluding hydrogens is 306 g/mol. The monoisotopic (exact) mass is 321 g/mol. The molecule has 0 saturated heterocycles. The highest BCUT2D eigenvalue weighted by Crippen LogP contribution is 2.23. The lowest BCUT2D eigenvalue weighted by atomic mass is 10.0. The fraction of sp³-hybridized carbons (Fsp3) is 0.0556. The molecule has 0 unspecified atom stereocenters. The SMILES string of the molecule is COc1ccc(-c2ccc(C=Cc3cn[nH]n3)cc2)cc1.O=C=O. The van der Waals surface area contributed by atoms with Crippen molar-refractivity contribution in [3.05, 3.63) is 66.0 Å². The van der Waals surface area contributed by atoms with Gasteiger partial charge in [0.15, 0.2) is 0 Å². The Morgan fingerprint density at radius 1 is 0.958 bits per heavy atom. The molecule has 6 heteroatoms. The van der Waals surface area contributed by atoms with Crippen LogP contribution in [-0.4, -0.2) is 28.7 Å². The van der Waals surface area contributed by atoms with Crippen LogP contribution in [0.1, 0.15) is 11.3 Å². The van der Waals surface area contributed by atoms with E-state index < -0.39 is 0 Å². The van der Waals surface area contributed by atoms with Crippen LogP contribution in [0.5, 0.6) is 5.75 Å². The lowest BCUT2D eigenvalue weighted by Gasteiger charge is -2.04. The van der Waals surface area contributed by atoms with E-state index in [0.29, 0.717) is 0 Å². The summed E-state index contributed by atoms with van der Waals surface area (Å²) in [5.74, 6) is 0.867. The van der Waals surface area contributed by atoms with Gasteiger partial charge in [-0.25, -0.2) is 0 Å². The second-order valence-corrected chi connectivity index (χ2v) is 4.66. The summed E-state index contributed by atoms with van der Waals surface area (Å²) in [5, 5.41) is 10.3. The Morgan fingerprint density at radius 3 is 2.04 bits per heavy atom.